The molecule has 1 saturated heterocycles. The Morgan fingerprint density at radius 1 is 0.923 bits per heavy atom. The average Bonchev–Trinajstić information content (AvgIpc) is 3.48. The number of carbonyl (C=O) groups excluding carboxylic acids is 1. The van der Waals surface area contributed by atoms with E-state index in [-0.39, 0.29) is 11.9 Å². The van der Waals surface area contributed by atoms with Crippen LogP contribution in [0.4, 0.5) is 0 Å². The number of benzene rings is 3. The van der Waals surface area contributed by atoms with Gasteiger partial charge in [-0.1, -0.05) is 66.2 Å². The highest BCUT2D eigenvalue weighted by atomic mass is 35.5. The Labute approximate surface area is 157 Å². The third kappa shape index (κ3) is 3.64. The molecule has 1 fully saturated rings. The van der Waals surface area contributed by atoms with Crippen LogP contribution in [-0.2, 0) is 11.3 Å². The predicted octanol–water partition coefficient (Wildman–Crippen LogP) is 5.24. The smallest absolute Gasteiger partial charge is 0.198 e. The number of carbonyl (C=O) groups is 1. The molecule has 1 aliphatic heterocycles. The van der Waals surface area contributed by atoms with Crippen molar-refractivity contribution in [3.05, 3.63) is 101 Å². The van der Waals surface area contributed by atoms with Crippen molar-refractivity contribution in [1.82, 2.24) is 0 Å². The highest BCUT2D eigenvalue weighted by molar-refractivity contribution is 6.30. The van der Waals surface area contributed by atoms with Crippen molar-refractivity contribution in [2.45, 2.75) is 18.8 Å². The van der Waals surface area contributed by atoms with Crippen molar-refractivity contribution in [2.24, 2.45) is 0 Å². The van der Waals surface area contributed by atoms with Gasteiger partial charge in [-0.15, -0.1) is 0 Å². The first-order chi connectivity index (χ1) is 12.7. The molecule has 1 aliphatic rings. The van der Waals surface area contributed by atoms with Crippen molar-refractivity contribution in [2.75, 3.05) is 0 Å². The predicted molar refractivity (Wildman–Crippen MR) is 101 cm³/mol. The van der Waals surface area contributed by atoms with Crippen LogP contribution in [0.2, 0.25) is 5.02 Å². The number of ketones is 1. The number of para-hydroxylation sites is 1. The Morgan fingerprint density at radius 3 is 2.38 bits per heavy atom. The topological polar surface area (TPSA) is 38.8 Å². The molecule has 2 atom stereocenters. The molecular formula is C22H17ClO3. The van der Waals surface area contributed by atoms with E-state index in [0.717, 1.165) is 11.1 Å². The summed E-state index contributed by atoms with van der Waals surface area (Å²) in [4.78, 5) is 12.9. The van der Waals surface area contributed by atoms with Crippen LogP contribution in [0, 0.1) is 0 Å². The highest BCUT2D eigenvalue weighted by Gasteiger charge is 2.46. The molecule has 4 rings (SSSR count). The zero-order valence-corrected chi connectivity index (χ0v) is 14.7. The van der Waals surface area contributed by atoms with Gasteiger partial charge in [0.25, 0.3) is 0 Å². The summed E-state index contributed by atoms with van der Waals surface area (Å²) in [5.41, 5.74) is 2.55. The van der Waals surface area contributed by atoms with Gasteiger partial charge in [0.2, 0.25) is 0 Å². The minimum atomic E-state index is -0.474. The molecule has 0 amide bonds. The first kappa shape index (κ1) is 16.8. The molecule has 0 bridgehead atoms. The van der Waals surface area contributed by atoms with Crippen molar-refractivity contribution >= 4 is 17.4 Å². The molecular weight excluding hydrogens is 348 g/mol. The van der Waals surface area contributed by atoms with Gasteiger partial charge < -0.3 is 9.47 Å². The molecule has 130 valence electrons. The van der Waals surface area contributed by atoms with Gasteiger partial charge in [0.05, 0.1) is 5.56 Å². The zero-order chi connectivity index (χ0) is 17.9. The highest BCUT2D eigenvalue weighted by Crippen LogP contribution is 2.42. The van der Waals surface area contributed by atoms with E-state index in [0.29, 0.717) is 22.9 Å². The van der Waals surface area contributed by atoms with Crippen LogP contribution in [0.25, 0.3) is 0 Å². The average molecular weight is 365 g/mol. The minimum absolute atomic E-state index is 0.0615. The van der Waals surface area contributed by atoms with Gasteiger partial charge in [0.1, 0.15) is 18.5 Å². The van der Waals surface area contributed by atoms with Gasteiger partial charge in [-0.25, -0.2) is 0 Å². The Hall–Kier alpha value is -2.62. The van der Waals surface area contributed by atoms with Gasteiger partial charge in [-0.2, -0.15) is 0 Å². The van der Waals surface area contributed by atoms with Crippen LogP contribution in [0.5, 0.6) is 5.75 Å². The van der Waals surface area contributed by atoms with Crippen molar-refractivity contribution in [3.8, 4) is 5.75 Å². The van der Waals surface area contributed by atoms with E-state index in [1.165, 1.54) is 0 Å². The van der Waals surface area contributed by atoms with Gasteiger partial charge >= 0.3 is 0 Å². The third-order valence-corrected chi connectivity index (χ3v) is 4.59. The van der Waals surface area contributed by atoms with Crippen LogP contribution >= 0.6 is 11.6 Å². The van der Waals surface area contributed by atoms with Gasteiger partial charge in [-0.3, -0.25) is 4.79 Å². The molecule has 0 radical (unpaired) electrons. The number of ether oxygens (including phenoxy) is 2. The minimum Gasteiger partial charge on any atom is -0.488 e. The molecule has 1 heterocycles. The summed E-state index contributed by atoms with van der Waals surface area (Å²) >= 11 is 5.91. The second-order valence-electron chi connectivity index (χ2n) is 6.16. The SMILES string of the molecule is O=C(c1ccccc1OCc1ccccc1)[C@@H]1O[C@@H]1c1ccc(Cl)cc1. The van der Waals surface area contributed by atoms with E-state index in [2.05, 4.69) is 0 Å². The Morgan fingerprint density at radius 2 is 1.62 bits per heavy atom. The lowest BCUT2D eigenvalue weighted by atomic mass is 10.0. The summed E-state index contributed by atoms with van der Waals surface area (Å²) in [7, 11) is 0. The first-order valence-corrected chi connectivity index (χ1v) is 8.81. The second kappa shape index (κ2) is 7.32. The van der Waals surface area contributed by atoms with Crippen LogP contribution in [0.3, 0.4) is 0 Å². The van der Waals surface area contributed by atoms with Crippen LogP contribution in [-0.4, -0.2) is 11.9 Å². The molecule has 3 aromatic carbocycles. The molecule has 0 unspecified atom stereocenters. The normalized spacial score (nSPS) is 18.3. The lowest BCUT2D eigenvalue weighted by Crippen LogP contribution is -2.10. The Balaban J connectivity index is 1.48. The molecule has 3 aromatic rings. The molecule has 26 heavy (non-hydrogen) atoms. The number of rotatable bonds is 6. The fourth-order valence-corrected chi connectivity index (χ4v) is 3.03. The summed E-state index contributed by atoms with van der Waals surface area (Å²) in [6.07, 6.45) is -0.695. The largest absolute Gasteiger partial charge is 0.488 e. The number of halogens is 1. The van der Waals surface area contributed by atoms with E-state index in [1.807, 2.05) is 60.7 Å². The van der Waals surface area contributed by atoms with Gasteiger partial charge in [-0.05, 0) is 35.4 Å². The molecule has 0 aromatic heterocycles. The lowest BCUT2D eigenvalue weighted by molar-refractivity contribution is 0.0949. The fraction of sp³-hybridized carbons (Fsp3) is 0.136. The van der Waals surface area contributed by atoms with Crippen LogP contribution < -0.4 is 4.74 Å². The van der Waals surface area contributed by atoms with E-state index >= 15 is 0 Å². The standard InChI is InChI=1S/C22H17ClO3/c23-17-12-10-16(11-13-17)21-22(26-21)20(24)18-8-4-5-9-19(18)25-14-15-6-2-1-3-7-15/h1-13,21-22H,14H2/t21-,22+/m1/s1. The van der Waals surface area contributed by atoms with Crippen molar-refractivity contribution < 1.29 is 14.3 Å². The van der Waals surface area contributed by atoms with E-state index in [1.54, 1.807) is 18.2 Å². The summed E-state index contributed by atoms with van der Waals surface area (Å²) in [6.45, 7) is 0.414. The first-order valence-electron chi connectivity index (χ1n) is 8.43. The number of Topliss-reactive ketones (excluding diaryl/α,β-unsaturated/α-hetero) is 1. The summed E-state index contributed by atoms with van der Waals surface area (Å²) in [6, 6.07) is 24.5. The quantitative estimate of drug-likeness (QED) is 0.443. The molecule has 0 aliphatic carbocycles. The summed E-state index contributed by atoms with van der Waals surface area (Å²) < 4.78 is 11.5. The summed E-state index contributed by atoms with van der Waals surface area (Å²) in [5.74, 6) is 0.514. The van der Waals surface area contributed by atoms with E-state index in [9.17, 15) is 4.79 Å². The van der Waals surface area contributed by atoms with Gasteiger partial charge in [0.15, 0.2) is 11.9 Å². The molecule has 0 spiro atoms. The van der Waals surface area contributed by atoms with E-state index < -0.39 is 6.10 Å². The number of hydrogen-bond acceptors (Lipinski definition) is 3. The number of hydrogen-bond donors (Lipinski definition) is 0. The maximum Gasteiger partial charge on any atom is 0.198 e. The van der Waals surface area contributed by atoms with Crippen LogP contribution in [0.15, 0.2) is 78.9 Å². The monoisotopic (exact) mass is 364 g/mol. The Kier molecular flexibility index (Phi) is 4.74. The third-order valence-electron chi connectivity index (χ3n) is 4.34. The second-order valence-corrected chi connectivity index (χ2v) is 6.60. The lowest BCUT2D eigenvalue weighted by Gasteiger charge is -2.10. The maximum atomic E-state index is 12.9. The van der Waals surface area contributed by atoms with E-state index in [4.69, 9.17) is 21.1 Å². The zero-order valence-electron chi connectivity index (χ0n) is 14.0. The van der Waals surface area contributed by atoms with Gasteiger partial charge in [0, 0.05) is 5.02 Å². The molecule has 3 nitrogen and oxygen atoms in total. The molecule has 0 N–H and O–H groups in total. The number of epoxide rings is 1. The van der Waals surface area contributed by atoms with Crippen molar-refractivity contribution in [3.63, 3.8) is 0 Å². The molecule has 0 saturated carbocycles. The van der Waals surface area contributed by atoms with Crippen LogP contribution in [0.1, 0.15) is 27.6 Å². The Bertz CT molecular complexity index is 906. The van der Waals surface area contributed by atoms with Crippen molar-refractivity contribution in [1.29, 1.82) is 0 Å². The summed E-state index contributed by atoms with van der Waals surface area (Å²) in [5, 5.41) is 0.664. The maximum absolute atomic E-state index is 12.9. The molecule has 4 heteroatoms. The fourth-order valence-electron chi connectivity index (χ4n) is 2.90.